The van der Waals surface area contributed by atoms with Gasteiger partial charge in [0.1, 0.15) is 16.7 Å². The van der Waals surface area contributed by atoms with Crippen LogP contribution in [-0.4, -0.2) is 66.6 Å². The lowest BCUT2D eigenvalue weighted by molar-refractivity contribution is 0.0733. The molecule has 2 aromatic rings. The Labute approximate surface area is 209 Å². The SMILES string of the molecule is C[C@@H]1CN([C@@H](C)CO)S(=O)(=O)c2ccc(C3=CCCCC3)cc2O[C@@H]1CN(C)Cc1cccnc1. The molecule has 0 unspecified atom stereocenters. The number of nitrogens with zero attached hydrogens (tertiary/aromatic N) is 3. The van der Waals surface area contributed by atoms with Crippen molar-refractivity contribution in [2.75, 3.05) is 26.7 Å². The molecule has 7 nitrogen and oxygen atoms in total. The van der Waals surface area contributed by atoms with Gasteiger partial charge >= 0.3 is 0 Å². The summed E-state index contributed by atoms with van der Waals surface area (Å²) in [5.41, 5.74) is 3.38. The van der Waals surface area contributed by atoms with E-state index >= 15 is 0 Å². The number of aromatic nitrogens is 1. The summed E-state index contributed by atoms with van der Waals surface area (Å²) in [6.07, 6.45) is 10.0. The second-order valence-electron chi connectivity index (χ2n) is 9.93. The first-order valence-corrected chi connectivity index (χ1v) is 13.9. The number of pyridine rings is 1. The molecule has 0 saturated heterocycles. The fourth-order valence-electron chi connectivity index (χ4n) is 4.92. The highest BCUT2D eigenvalue weighted by molar-refractivity contribution is 7.89. The van der Waals surface area contributed by atoms with Gasteiger partial charge in [0, 0.05) is 44.0 Å². The van der Waals surface area contributed by atoms with Crippen LogP contribution >= 0.6 is 0 Å². The van der Waals surface area contributed by atoms with Crippen molar-refractivity contribution in [2.45, 2.75) is 63.1 Å². The molecule has 35 heavy (non-hydrogen) atoms. The number of aliphatic hydroxyl groups is 1. The molecule has 1 aliphatic carbocycles. The van der Waals surface area contributed by atoms with E-state index in [1.165, 1.54) is 16.3 Å². The molecule has 190 valence electrons. The van der Waals surface area contributed by atoms with Gasteiger partial charge in [-0.05, 0) is 74.6 Å². The number of rotatable bonds is 7. The molecule has 1 aromatic carbocycles. The van der Waals surface area contributed by atoms with Crippen LogP contribution in [0.4, 0.5) is 0 Å². The van der Waals surface area contributed by atoms with Crippen LogP contribution in [-0.2, 0) is 16.6 Å². The number of sulfonamides is 1. The summed E-state index contributed by atoms with van der Waals surface area (Å²) in [5, 5.41) is 9.85. The summed E-state index contributed by atoms with van der Waals surface area (Å²) in [7, 11) is -1.79. The minimum Gasteiger partial charge on any atom is -0.487 e. The summed E-state index contributed by atoms with van der Waals surface area (Å²) in [4.78, 5) is 6.56. The van der Waals surface area contributed by atoms with Gasteiger partial charge in [-0.15, -0.1) is 0 Å². The average molecular weight is 500 g/mol. The first-order chi connectivity index (χ1) is 16.8. The lowest BCUT2D eigenvalue weighted by atomic mass is 9.93. The largest absolute Gasteiger partial charge is 0.487 e. The number of ether oxygens (including phenoxy) is 1. The number of allylic oxidation sites excluding steroid dienone is 2. The third kappa shape index (κ3) is 5.94. The Morgan fingerprint density at radius 1 is 1.29 bits per heavy atom. The first kappa shape index (κ1) is 25.8. The van der Waals surface area contributed by atoms with Crippen LogP contribution in [0.25, 0.3) is 5.57 Å². The van der Waals surface area contributed by atoms with Crippen LogP contribution in [0.15, 0.2) is 53.7 Å². The van der Waals surface area contributed by atoms with Gasteiger partial charge in [-0.1, -0.05) is 25.1 Å². The molecule has 2 aliphatic rings. The Hall–Kier alpha value is -2.26. The van der Waals surface area contributed by atoms with Crippen molar-refractivity contribution in [2.24, 2.45) is 5.92 Å². The van der Waals surface area contributed by atoms with Crippen molar-refractivity contribution in [3.05, 3.63) is 59.9 Å². The number of hydrogen-bond donors (Lipinski definition) is 1. The zero-order valence-corrected chi connectivity index (χ0v) is 21.7. The van der Waals surface area contributed by atoms with E-state index in [4.69, 9.17) is 4.74 Å². The summed E-state index contributed by atoms with van der Waals surface area (Å²) in [6, 6.07) is 8.92. The lowest BCUT2D eigenvalue weighted by Gasteiger charge is -2.37. The first-order valence-electron chi connectivity index (χ1n) is 12.5. The molecule has 1 aromatic heterocycles. The van der Waals surface area contributed by atoms with Crippen molar-refractivity contribution < 1.29 is 18.3 Å². The van der Waals surface area contributed by atoms with E-state index < -0.39 is 16.1 Å². The predicted molar refractivity (Wildman–Crippen MR) is 137 cm³/mol. The molecule has 4 rings (SSSR count). The van der Waals surface area contributed by atoms with Gasteiger partial charge in [-0.25, -0.2) is 8.42 Å². The van der Waals surface area contributed by atoms with Gasteiger partial charge in [0.2, 0.25) is 10.0 Å². The van der Waals surface area contributed by atoms with Crippen molar-refractivity contribution in [3.8, 4) is 5.75 Å². The highest BCUT2D eigenvalue weighted by atomic mass is 32.2. The normalized spacial score (nSPS) is 23.5. The number of aliphatic hydroxyl groups excluding tert-OH is 1. The zero-order chi connectivity index (χ0) is 25.0. The molecule has 1 aliphatic heterocycles. The van der Waals surface area contributed by atoms with Gasteiger partial charge in [0.15, 0.2) is 0 Å². The average Bonchev–Trinajstić information content (AvgIpc) is 2.86. The van der Waals surface area contributed by atoms with E-state index in [0.29, 0.717) is 12.3 Å². The van der Waals surface area contributed by atoms with Crippen LogP contribution in [0.1, 0.15) is 50.7 Å². The van der Waals surface area contributed by atoms with Gasteiger partial charge in [0.05, 0.1) is 6.61 Å². The maximum absolute atomic E-state index is 13.7. The number of likely N-dealkylation sites (N-methyl/N-ethyl adjacent to an activating group) is 1. The van der Waals surface area contributed by atoms with Crippen molar-refractivity contribution in [1.82, 2.24) is 14.2 Å². The van der Waals surface area contributed by atoms with Crippen molar-refractivity contribution in [3.63, 3.8) is 0 Å². The zero-order valence-electron chi connectivity index (χ0n) is 20.9. The summed E-state index contributed by atoms with van der Waals surface area (Å²) in [6.45, 7) is 5.16. The molecular weight excluding hydrogens is 462 g/mol. The number of fused-ring (bicyclic) bond motifs is 1. The van der Waals surface area contributed by atoms with Crippen molar-refractivity contribution in [1.29, 1.82) is 0 Å². The number of hydrogen-bond acceptors (Lipinski definition) is 6. The van der Waals surface area contributed by atoms with Gasteiger partial charge in [-0.2, -0.15) is 4.31 Å². The molecule has 0 radical (unpaired) electrons. The van der Waals surface area contributed by atoms with Crippen LogP contribution in [0.3, 0.4) is 0 Å². The van der Waals surface area contributed by atoms with Crippen LogP contribution in [0.5, 0.6) is 5.75 Å². The molecular formula is C27H37N3O4S. The topological polar surface area (TPSA) is 83.0 Å². The maximum atomic E-state index is 13.7. The monoisotopic (exact) mass is 499 g/mol. The van der Waals surface area contributed by atoms with Crippen LogP contribution in [0, 0.1) is 5.92 Å². The minimum atomic E-state index is -3.83. The van der Waals surface area contributed by atoms with E-state index in [1.807, 2.05) is 44.4 Å². The predicted octanol–water partition coefficient (Wildman–Crippen LogP) is 3.94. The van der Waals surface area contributed by atoms with E-state index in [9.17, 15) is 13.5 Å². The Bertz CT molecular complexity index is 1140. The Kier molecular flexibility index (Phi) is 8.27. The number of benzene rings is 1. The summed E-state index contributed by atoms with van der Waals surface area (Å²) in [5.74, 6) is 0.316. The summed E-state index contributed by atoms with van der Waals surface area (Å²) < 4.78 is 35.3. The minimum absolute atomic E-state index is 0.0826. The molecule has 0 saturated carbocycles. The molecule has 0 spiro atoms. The second-order valence-corrected chi connectivity index (χ2v) is 11.8. The fourth-order valence-corrected chi connectivity index (χ4v) is 6.74. The standard InChI is InChI=1S/C27H37N3O4S/c1-20-16-30(21(2)19-31)35(32,33)27-12-11-24(23-9-5-4-6-10-23)14-25(27)34-26(20)18-29(3)17-22-8-7-13-28-15-22/h7-9,11-15,20-21,26,31H,4-6,10,16-19H2,1-3H3/t20-,21+,26-/m1/s1. The second kappa shape index (κ2) is 11.2. The maximum Gasteiger partial charge on any atom is 0.247 e. The molecule has 3 atom stereocenters. The van der Waals surface area contributed by atoms with E-state index in [2.05, 4.69) is 16.0 Å². The molecule has 2 heterocycles. The molecule has 0 bridgehead atoms. The van der Waals surface area contributed by atoms with E-state index in [-0.39, 0.29) is 30.1 Å². The quantitative estimate of drug-likeness (QED) is 0.621. The smallest absolute Gasteiger partial charge is 0.247 e. The Balaban J connectivity index is 1.69. The van der Waals surface area contributed by atoms with Gasteiger partial charge in [0.25, 0.3) is 0 Å². The fraction of sp³-hybridized carbons (Fsp3) is 0.519. The summed E-state index contributed by atoms with van der Waals surface area (Å²) >= 11 is 0. The van der Waals surface area contributed by atoms with Crippen molar-refractivity contribution >= 4 is 15.6 Å². The van der Waals surface area contributed by atoms with Crippen LogP contribution in [0.2, 0.25) is 0 Å². The molecule has 0 fully saturated rings. The highest BCUT2D eigenvalue weighted by Crippen LogP contribution is 2.37. The van der Waals surface area contributed by atoms with Gasteiger partial charge < -0.3 is 9.84 Å². The molecule has 0 amide bonds. The highest BCUT2D eigenvalue weighted by Gasteiger charge is 2.38. The van der Waals surface area contributed by atoms with E-state index in [0.717, 1.165) is 36.9 Å². The third-order valence-electron chi connectivity index (χ3n) is 7.00. The molecule has 8 heteroatoms. The van der Waals surface area contributed by atoms with E-state index in [1.54, 1.807) is 19.2 Å². The Morgan fingerprint density at radius 3 is 2.80 bits per heavy atom. The van der Waals surface area contributed by atoms with Crippen LogP contribution < -0.4 is 4.74 Å². The lowest BCUT2D eigenvalue weighted by Crippen LogP contribution is -2.49. The van der Waals surface area contributed by atoms with Gasteiger partial charge in [-0.3, -0.25) is 9.88 Å². The molecule has 1 N–H and O–H groups in total. The Morgan fingerprint density at radius 2 is 2.11 bits per heavy atom. The third-order valence-corrected chi connectivity index (χ3v) is 9.02.